The number of H-pyrrole nitrogens is 1. The first-order valence-corrected chi connectivity index (χ1v) is 5.90. The van der Waals surface area contributed by atoms with Crippen LogP contribution in [-0.4, -0.2) is 37.8 Å². The molecule has 2 aromatic heterocycles. The molecule has 0 bridgehead atoms. The van der Waals surface area contributed by atoms with Gasteiger partial charge in [-0.05, 0) is 6.42 Å². The number of anilines is 1. The number of aryl methyl sites for hydroxylation is 1. The highest BCUT2D eigenvalue weighted by Gasteiger charge is 2.12. The molecule has 90 valence electrons. The third kappa shape index (κ3) is 3.00. The number of aromatic nitrogens is 4. The van der Waals surface area contributed by atoms with Crippen LogP contribution in [0.25, 0.3) is 0 Å². The second-order valence-electron chi connectivity index (χ2n) is 3.30. The van der Waals surface area contributed by atoms with Gasteiger partial charge < -0.3 is 10.4 Å². The van der Waals surface area contributed by atoms with Gasteiger partial charge in [0.05, 0.1) is 5.51 Å². The van der Waals surface area contributed by atoms with Crippen molar-refractivity contribution < 1.29 is 9.90 Å². The van der Waals surface area contributed by atoms with Crippen molar-refractivity contribution in [2.24, 2.45) is 0 Å². The van der Waals surface area contributed by atoms with Crippen molar-refractivity contribution in [2.75, 3.05) is 11.9 Å². The smallest absolute Gasteiger partial charge is 0.357 e. The number of carbonyl (C=O) groups is 1. The molecule has 0 saturated heterocycles. The van der Waals surface area contributed by atoms with Crippen LogP contribution in [0.2, 0.25) is 0 Å². The molecule has 7 nitrogen and oxygen atoms in total. The van der Waals surface area contributed by atoms with Crippen molar-refractivity contribution in [3.05, 3.63) is 23.4 Å². The van der Waals surface area contributed by atoms with E-state index in [1.807, 2.05) is 0 Å². The van der Waals surface area contributed by atoms with E-state index < -0.39 is 5.97 Å². The normalized spacial score (nSPS) is 10.4. The van der Waals surface area contributed by atoms with E-state index in [0.717, 1.165) is 18.7 Å². The Hall–Kier alpha value is -1.96. The van der Waals surface area contributed by atoms with Gasteiger partial charge in [0.15, 0.2) is 5.69 Å². The van der Waals surface area contributed by atoms with Crippen molar-refractivity contribution in [2.45, 2.75) is 12.8 Å². The molecule has 0 aliphatic heterocycles. The molecule has 0 fully saturated rings. The molecule has 0 aliphatic carbocycles. The Morgan fingerprint density at radius 1 is 1.53 bits per heavy atom. The molecule has 0 aromatic carbocycles. The molecular weight excluding hydrogens is 242 g/mol. The van der Waals surface area contributed by atoms with Gasteiger partial charge in [0, 0.05) is 13.0 Å². The topological polar surface area (TPSA) is 104 Å². The Morgan fingerprint density at radius 2 is 2.41 bits per heavy atom. The quantitative estimate of drug-likeness (QED) is 0.663. The van der Waals surface area contributed by atoms with Crippen molar-refractivity contribution in [3.63, 3.8) is 0 Å². The van der Waals surface area contributed by atoms with Gasteiger partial charge in [-0.15, -0.1) is 11.3 Å². The summed E-state index contributed by atoms with van der Waals surface area (Å²) < 4.78 is 0. The Morgan fingerprint density at radius 3 is 3.12 bits per heavy atom. The molecule has 8 heteroatoms. The fraction of sp³-hybridized carbons (Fsp3) is 0.333. The van der Waals surface area contributed by atoms with Gasteiger partial charge in [0.25, 0.3) is 0 Å². The fourth-order valence-corrected chi connectivity index (χ4v) is 2.03. The number of hydrogen-bond donors (Lipinski definition) is 3. The van der Waals surface area contributed by atoms with Crippen LogP contribution in [0.15, 0.2) is 11.8 Å². The lowest BCUT2D eigenvalue weighted by Gasteiger charge is -2.02. The zero-order chi connectivity index (χ0) is 12.1. The van der Waals surface area contributed by atoms with Gasteiger partial charge in [0.2, 0.25) is 0 Å². The van der Waals surface area contributed by atoms with Crippen LogP contribution in [0.5, 0.6) is 0 Å². The van der Waals surface area contributed by atoms with Crippen LogP contribution < -0.4 is 5.32 Å². The van der Waals surface area contributed by atoms with E-state index in [4.69, 9.17) is 5.11 Å². The summed E-state index contributed by atoms with van der Waals surface area (Å²) in [6, 6.07) is 0. The Labute approximate surface area is 101 Å². The van der Waals surface area contributed by atoms with Crippen molar-refractivity contribution >= 4 is 22.3 Å². The summed E-state index contributed by atoms with van der Waals surface area (Å²) in [5, 5.41) is 19.0. The van der Waals surface area contributed by atoms with Crippen LogP contribution >= 0.6 is 11.3 Å². The Bertz CT molecular complexity index is 481. The number of carboxylic acid groups (broad SMARTS) is 1. The largest absolute Gasteiger partial charge is 0.476 e. The number of hydrogen-bond acceptors (Lipinski definition) is 6. The maximum Gasteiger partial charge on any atom is 0.357 e. The summed E-state index contributed by atoms with van der Waals surface area (Å²) in [5.74, 6) is -0.182. The molecule has 2 heterocycles. The average Bonchev–Trinajstić information content (AvgIpc) is 2.95. The highest BCUT2D eigenvalue weighted by molar-refractivity contribution is 7.14. The third-order valence-electron chi connectivity index (χ3n) is 2.11. The number of aromatic amines is 1. The minimum absolute atomic E-state index is 0.0784. The van der Waals surface area contributed by atoms with Crippen LogP contribution in [-0.2, 0) is 6.42 Å². The summed E-state index contributed by atoms with van der Waals surface area (Å²) in [6.07, 6.45) is 3.08. The molecule has 0 aliphatic rings. The molecule has 0 unspecified atom stereocenters. The summed E-state index contributed by atoms with van der Waals surface area (Å²) in [4.78, 5) is 18.6. The summed E-state index contributed by atoms with van der Waals surface area (Å²) in [5.41, 5.74) is 1.59. The maximum absolute atomic E-state index is 10.8. The van der Waals surface area contributed by atoms with Gasteiger partial charge >= 0.3 is 5.97 Å². The molecule has 0 amide bonds. The molecule has 0 saturated carbocycles. The summed E-state index contributed by atoms with van der Waals surface area (Å²) in [6.45, 7) is 0.670. The lowest BCUT2D eigenvalue weighted by molar-refractivity contribution is 0.0692. The number of nitrogens with zero attached hydrogens (tertiary/aromatic N) is 3. The van der Waals surface area contributed by atoms with Crippen molar-refractivity contribution in [1.29, 1.82) is 0 Å². The van der Waals surface area contributed by atoms with Crippen LogP contribution in [0, 0.1) is 0 Å². The maximum atomic E-state index is 10.8. The first kappa shape index (κ1) is 11.5. The molecule has 0 atom stereocenters. The predicted molar refractivity (Wildman–Crippen MR) is 62.3 cm³/mol. The van der Waals surface area contributed by atoms with Gasteiger partial charge in [0.1, 0.15) is 17.2 Å². The highest BCUT2D eigenvalue weighted by atomic mass is 32.1. The van der Waals surface area contributed by atoms with E-state index in [1.165, 1.54) is 23.2 Å². The predicted octanol–water partition coefficient (Wildman–Crippen LogP) is 1.00. The van der Waals surface area contributed by atoms with Crippen LogP contribution in [0.3, 0.4) is 0 Å². The zero-order valence-electron chi connectivity index (χ0n) is 8.88. The molecule has 0 spiro atoms. The van der Waals surface area contributed by atoms with Gasteiger partial charge in [-0.25, -0.2) is 14.8 Å². The molecular formula is C9H11N5O2S. The second-order valence-corrected chi connectivity index (χ2v) is 4.15. The minimum atomic E-state index is -1.01. The van der Waals surface area contributed by atoms with E-state index in [-0.39, 0.29) is 5.69 Å². The molecule has 17 heavy (non-hydrogen) atoms. The molecule has 2 aromatic rings. The summed E-state index contributed by atoms with van der Waals surface area (Å²) in [7, 11) is 0. The first-order chi connectivity index (χ1) is 8.27. The van der Waals surface area contributed by atoms with Crippen LogP contribution in [0.1, 0.15) is 22.7 Å². The Kier molecular flexibility index (Phi) is 3.66. The minimum Gasteiger partial charge on any atom is -0.476 e. The second kappa shape index (κ2) is 5.39. The number of rotatable bonds is 6. The zero-order valence-corrected chi connectivity index (χ0v) is 9.70. The van der Waals surface area contributed by atoms with Gasteiger partial charge in [-0.2, -0.15) is 5.10 Å². The van der Waals surface area contributed by atoms with E-state index in [1.54, 1.807) is 0 Å². The van der Waals surface area contributed by atoms with Crippen LogP contribution in [0.4, 0.5) is 5.00 Å². The van der Waals surface area contributed by atoms with E-state index >= 15 is 0 Å². The van der Waals surface area contributed by atoms with Crippen molar-refractivity contribution in [1.82, 2.24) is 20.2 Å². The first-order valence-electron chi connectivity index (χ1n) is 5.02. The van der Waals surface area contributed by atoms with Crippen molar-refractivity contribution in [3.8, 4) is 0 Å². The van der Waals surface area contributed by atoms with E-state index in [0.29, 0.717) is 11.5 Å². The average molecular weight is 253 g/mol. The number of nitrogens with one attached hydrogen (secondary N) is 2. The summed E-state index contributed by atoms with van der Waals surface area (Å²) >= 11 is 1.29. The molecule has 3 N–H and O–H groups in total. The SMILES string of the molecule is O=C(O)c1ncsc1NCCCc1ncn[nH]1. The standard InChI is InChI=1S/C9H11N5O2S/c15-9(16)7-8(17-5-12-7)10-3-1-2-6-11-4-13-14-6/h4-5,10H,1-3H2,(H,15,16)(H,11,13,14). The monoisotopic (exact) mass is 253 g/mol. The Balaban J connectivity index is 1.78. The lowest BCUT2D eigenvalue weighted by atomic mass is 10.3. The number of carboxylic acids is 1. The fourth-order valence-electron chi connectivity index (χ4n) is 1.33. The van der Waals surface area contributed by atoms with Gasteiger partial charge in [-0.1, -0.05) is 0 Å². The third-order valence-corrected chi connectivity index (χ3v) is 2.90. The lowest BCUT2D eigenvalue weighted by Crippen LogP contribution is -2.07. The van der Waals surface area contributed by atoms with Gasteiger partial charge in [-0.3, -0.25) is 5.10 Å². The molecule has 2 rings (SSSR count). The molecule has 0 radical (unpaired) electrons. The number of thiazole rings is 1. The highest BCUT2D eigenvalue weighted by Crippen LogP contribution is 2.19. The van der Waals surface area contributed by atoms with E-state index in [9.17, 15) is 4.79 Å². The number of aromatic carboxylic acids is 1. The van der Waals surface area contributed by atoms with E-state index in [2.05, 4.69) is 25.5 Å².